The van der Waals surface area contributed by atoms with E-state index < -0.39 is 0 Å². The Morgan fingerprint density at radius 1 is 1.19 bits per heavy atom. The van der Waals surface area contributed by atoms with E-state index in [9.17, 15) is 4.39 Å². The van der Waals surface area contributed by atoms with Crippen LogP contribution in [0.2, 0.25) is 5.02 Å². The first-order chi connectivity index (χ1) is 10.1. The molecule has 0 spiro atoms. The Morgan fingerprint density at radius 2 is 1.90 bits per heavy atom. The Labute approximate surface area is 144 Å². The molecule has 2 rings (SSSR count). The maximum atomic E-state index is 13.6. The summed E-state index contributed by atoms with van der Waals surface area (Å²) < 4.78 is 14.8. The van der Waals surface area contributed by atoms with Crippen LogP contribution in [0.3, 0.4) is 0 Å². The van der Waals surface area contributed by atoms with Gasteiger partial charge in [0.05, 0.1) is 5.02 Å². The second-order valence-corrected chi connectivity index (χ2v) is 6.60. The number of hydrogen-bond donors (Lipinski definition) is 1. The van der Waals surface area contributed by atoms with Gasteiger partial charge in [-0.15, -0.1) is 0 Å². The predicted molar refractivity (Wildman–Crippen MR) is 95.3 cm³/mol. The minimum Gasteiger partial charge on any atom is -0.310 e. The molecule has 0 aromatic heterocycles. The summed E-state index contributed by atoms with van der Waals surface area (Å²) in [7, 11) is 0. The van der Waals surface area contributed by atoms with E-state index in [2.05, 4.69) is 59.1 Å². The van der Waals surface area contributed by atoms with E-state index in [4.69, 9.17) is 11.6 Å². The van der Waals surface area contributed by atoms with Crippen LogP contribution in [0.4, 0.5) is 4.39 Å². The largest absolute Gasteiger partial charge is 0.310 e. The molecule has 1 unspecified atom stereocenters. The fraction of sp³-hybridized carbons (Fsp3) is 0.294. The summed E-state index contributed by atoms with van der Waals surface area (Å²) in [6.07, 6.45) is 1.73. The van der Waals surface area contributed by atoms with E-state index in [1.165, 1.54) is 15.2 Å². The van der Waals surface area contributed by atoms with Crippen LogP contribution in [-0.4, -0.2) is 6.54 Å². The molecule has 0 aliphatic heterocycles. The van der Waals surface area contributed by atoms with Crippen LogP contribution in [0, 0.1) is 9.39 Å². The van der Waals surface area contributed by atoms with Crippen LogP contribution in [0.5, 0.6) is 0 Å². The monoisotopic (exact) mass is 417 g/mol. The first-order valence-electron chi connectivity index (χ1n) is 7.03. The molecular formula is C17H18ClFIN. The van der Waals surface area contributed by atoms with Gasteiger partial charge in [0.25, 0.3) is 0 Å². The first kappa shape index (κ1) is 16.7. The molecule has 0 bridgehead atoms. The van der Waals surface area contributed by atoms with E-state index in [1.54, 1.807) is 6.07 Å². The van der Waals surface area contributed by atoms with Crippen LogP contribution >= 0.6 is 34.2 Å². The SMILES string of the molecule is CCCNC(Cc1cccc(F)c1Cl)c1ccc(I)cc1. The molecule has 2 aromatic rings. The molecule has 21 heavy (non-hydrogen) atoms. The number of hydrogen-bond acceptors (Lipinski definition) is 1. The first-order valence-corrected chi connectivity index (χ1v) is 8.49. The van der Waals surface area contributed by atoms with Gasteiger partial charge >= 0.3 is 0 Å². The molecular weight excluding hydrogens is 400 g/mol. The van der Waals surface area contributed by atoms with Crippen molar-refractivity contribution in [3.05, 3.63) is 68.0 Å². The van der Waals surface area contributed by atoms with Crippen LogP contribution < -0.4 is 5.32 Å². The summed E-state index contributed by atoms with van der Waals surface area (Å²) >= 11 is 8.37. The van der Waals surface area contributed by atoms with Gasteiger partial charge in [-0.3, -0.25) is 0 Å². The van der Waals surface area contributed by atoms with Crippen molar-refractivity contribution in [3.63, 3.8) is 0 Å². The third-order valence-electron chi connectivity index (χ3n) is 3.37. The van der Waals surface area contributed by atoms with Crippen molar-refractivity contribution in [2.75, 3.05) is 6.54 Å². The van der Waals surface area contributed by atoms with Crippen molar-refractivity contribution in [3.8, 4) is 0 Å². The van der Waals surface area contributed by atoms with E-state index in [1.807, 2.05) is 6.07 Å². The predicted octanol–water partition coefficient (Wildman–Crippen LogP) is 5.37. The zero-order valence-electron chi connectivity index (χ0n) is 11.9. The van der Waals surface area contributed by atoms with Crippen molar-refractivity contribution in [1.29, 1.82) is 0 Å². The Morgan fingerprint density at radius 3 is 2.57 bits per heavy atom. The van der Waals surface area contributed by atoms with Crippen LogP contribution in [-0.2, 0) is 6.42 Å². The molecule has 2 aromatic carbocycles. The van der Waals surface area contributed by atoms with Crippen molar-refractivity contribution < 1.29 is 4.39 Å². The average Bonchev–Trinajstić information content (AvgIpc) is 2.49. The lowest BCUT2D eigenvalue weighted by atomic mass is 9.98. The second kappa shape index (κ2) is 8.11. The molecule has 0 heterocycles. The number of nitrogens with one attached hydrogen (secondary N) is 1. The number of halogens is 3. The number of rotatable bonds is 6. The lowest BCUT2D eigenvalue weighted by molar-refractivity contribution is 0.527. The van der Waals surface area contributed by atoms with Gasteiger partial charge in [0.1, 0.15) is 5.82 Å². The third kappa shape index (κ3) is 4.66. The van der Waals surface area contributed by atoms with Crippen LogP contribution in [0.15, 0.2) is 42.5 Å². The zero-order chi connectivity index (χ0) is 15.2. The molecule has 0 saturated heterocycles. The van der Waals surface area contributed by atoms with Gasteiger partial charge in [0, 0.05) is 9.61 Å². The van der Waals surface area contributed by atoms with Crippen molar-refractivity contribution in [2.24, 2.45) is 0 Å². The normalized spacial score (nSPS) is 12.4. The fourth-order valence-corrected chi connectivity index (χ4v) is 2.81. The summed E-state index contributed by atoms with van der Waals surface area (Å²) in [6, 6.07) is 13.5. The molecule has 112 valence electrons. The third-order valence-corrected chi connectivity index (χ3v) is 4.51. The molecule has 4 heteroatoms. The van der Waals surface area contributed by atoms with Gasteiger partial charge in [0.15, 0.2) is 0 Å². The maximum absolute atomic E-state index is 13.6. The topological polar surface area (TPSA) is 12.0 Å². The molecule has 0 fully saturated rings. The minimum atomic E-state index is -0.356. The summed E-state index contributed by atoms with van der Waals surface area (Å²) in [5.74, 6) is -0.356. The van der Waals surface area contributed by atoms with Crippen LogP contribution in [0.25, 0.3) is 0 Å². The molecule has 1 nitrogen and oxygen atoms in total. The summed E-state index contributed by atoms with van der Waals surface area (Å²) in [4.78, 5) is 0. The van der Waals surface area contributed by atoms with Crippen molar-refractivity contribution in [1.82, 2.24) is 5.32 Å². The fourth-order valence-electron chi connectivity index (χ4n) is 2.25. The van der Waals surface area contributed by atoms with E-state index in [-0.39, 0.29) is 16.9 Å². The summed E-state index contributed by atoms with van der Waals surface area (Å²) in [5, 5.41) is 3.74. The highest BCUT2D eigenvalue weighted by Gasteiger charge is 2.15. The molecule has 1 N–H and O–H groups in total. The molecule has 0 saturated carbocycles. The van der Waals surface area contributed by atoms with E-state index >= 15 is 0 Å². The molecule has 1 atom stereocenters. The van der Waals surface area contributed by atoms with Gasteiger partial charge in [0.2, 0.25) is 0 Å². The maximum Gasteiger partial charge on any atom is 0.142 e. The lowest BCUT2D eigenvalue weighted by Crippen LogP contribution is -2.24. The number of benzene rings is 2. The highest BCUT2D eigenvalue weighted by molar-refractivity contribution is 14.1. The lowest BCUT2D eigenvalue weighted by Gasteiger charge is -2.20. The summed E-state index contributed by atoms with van der Waals surface area (Å²) in [6.45, 7) is 3.05. The molecule has 0 aliphatic carbocycles. The highest BCUT2D eigenvalue weighted by atomic mass is 127. The van der Waals surface area contributed by atoms with Crippen molar-refractivity contribution >= 4 is 34.2 Å². The highest BCUT2D eigenvalue weighted by Crippen LogP contribution is 2.26. The standard InChI is InChI=1S/C17H18ClFIN/c1-2-10-21-16(12-6-8-14(20)9-7-12)11-13-4-3-5-15(19)17(13)18/h3-9,16,21H,2,10-11H2,1H3. The molecule has 0 radical (unpaired) electrons. The van der Waals surface area contributed by atoms with Crippen LogP contribution in [0.1, 0.15) is 30.5 Å². The van der Waals surface area contributed by atoms with Gasteiger partial charge in [-0.2, -0.15) is 0 Å². The Balaban J connectivity index is 2.23. The average molecular weight is 418 g/mol. The van der Waals surface area contributed by atoms with Gasteiger partial charge in [-0.05, 0) is 71.3 Å². The van der Waals surface area contributed by atoms with E-state index in [0.29, 0.717) is 6.42 Å². The Hall–Kier alpha value is -0.650. The second-order valence-electron chi connectivity index (χ2n) is 4.98. The Bertz CT molecular complexity index is 586. The molecule has 0 aliphatic rings. The van der Waals surface area contributed by atoms with Gasteiger partial charge in [-0.1, -0.05) is 42.8 Å². The molecule has 0 amide bonds. The smallest absolute Gasteiger partial charge is 0.142 e. The quantitative estimate of drug-likeness (QED) is 0.623. The van der Waals surface area contributed by atoms with Gasteiger partial charge < -0.3 is 5.32 Å². The van der Waals surface area contributed by atoms with Crippen molar-refractivity contribution in [2.45, 2.75) is 25.8 Å². The zero-order valence-corrected chi connectivity index (χ0v) is 14.8. The minimum absolute atomic E-state index is 0.140. The van der Waals surface area contributed by atoms with Gasteiger partial charge in [-0.25, -0.2) is 4.39 Å². The van der Waals surface area contributed by atoms with E-state index in [0.717, 1.165) is 18.5 Å². The summed E-state index contributed by atoms with van der Waals surface area (Å²) in [5.41, 5.74) is 2.04. The Kier molecular flexibility index (Phi) is 6.45.